The molecular weight excluding hydrogens is 466 g/mol. The fraction of sp³-hybridized carbons (Fsp3) is 0.348. The minimum absolute atomic E-state index is 0.0180. The van der Waals surface area contributed by atoms with Crippen molar-refractivity contribution in [1.29, 1.82) is 0 Å². The molecule has 1 aliphatic rings. The quantitative estimate of drug-likeness (QED) is 0.543. The molecule has 0 saturated carbocycles. The van der Waals surface area contributed by atoms with E-state index in [1.54, 1.807) is 37.3 Å². The molecule has 1 atom stereocenters. The number of halogens is 1. The number of carbonyl (C=O) groups excluding carboxylic acids is 3. The van der Waals surface area contributed by atoms with Crippen LogP contribution in [0, 0.1) is 0 Å². The van der Waals surface area contributed by atoms with Crippen LogP contribution in [0.2, 0.25) is 5.02 Å². The predicted molar refractivity (Wildman–Crippen MR) is 124 cm³/mol. The van der Waals surface area contributed by atoms with Crippen LogP contribution >= 0.6 is 11.6 Å². The van der Waals surface area contributed by atoms with E-state index in [9.17, 15) is 22.8 Å². The first-order chi connectivity index (χ1) is 15.7. The Hall–Kier alpha value is -2.91. The van der Waals surface area contributed by atoms with E-state index in [0.717, 1.165) is 12.8 Å². The topological polar surface area (TPSA) is 104 Å². The highest BCUT2D eigenvalue weighted by Gasteiger charge is 2.43. The third kappa shape index (κ3) is 5.20. The number of hydrogen-bond donors (Lipinski definition) is 1. The molecule has 3 amide bonds. The third-order valence-corrected chi connectivity index (χ3v) is 7.64. The first-order valence-corrected chi connectivity index (χ1v) is 12.5. The van der Waals surface area contributed by atoms with Gasteiger partial charge in [0.2, 0.25) is 11.8 Å². The Morgan fingerprint density at radius 2 is 1.79 bits per heavy atom. The summed E-state index contributed by atoms with van der Waals surface area (Å²) in [6.07, 6.45) is 1.68. The zero-order chi connectivity index (χ0) is 24.2. The number of sulfonamides is 1. The Morgan fingerprint density at radius 1 is 1.12 bits per heavy atom. The SMILES string of the molecule is CCCCNC(=O)[C@@H](C)N(Cc1ccccc1Cl)C(=O)CN1C(=O)c2ccccc2S1(=O)=O. The summed E-state index contributed by atoms with van der Waals surface area (Å²) in [5.74, 6) is -1.82. The summed E-state index contributed by atoms with van der Waals surface area (Å²) in [6, 6.07) is 11.8. The van der Waals surface area contributed by atoms with Crippen LogP contribution in [0.15, 0.2) is 53.4 Å². The third-order valence-electron chi connectivity index (χ3n) is 5.49. The molecule has 2 aromatic carbocycles. The van der Waals surface area contributed by atoms with E-state index in [1.807, 2.05) is 6.92 Å². The van der Waals surface area contributed by atoms with Crippen molar-refractivity contribution >= 4 is 39.3 Å². The molecule has 1 aliphatic heterocycles. The van der Waals surface area contributed by atoms with E-state index in [-0.39, 0.29) is 22.9 Å². The van der Waals surface area contributed by atoms with Crippen molar-refractivity contribution in [1.82, 2.24) is 14.5 Å². The molecule has 0 radical (unpaired) electrons. The average Bonchev–Trinajstić information content (AvgIpc) is 2.99. The van der Waals surface area contributed by atoms with Crippen molar-refractivity contribution in [2.24, 2.45) is 0 Å². The number of nitrogens with zero attached hydrogens (tertiary/aromatic N) is 2. The minimum Gasteiger partial charge on any atom is -0.354 e. The van der Waals surface area contributed by atoms with Gasteiger partial charge in [0.25, 0.3) is 15.9 Å². The smallest absolute Gasteiger partial charge is 0.269 e. The van der Waals surface area contributed by atoms with Gasteiger partial charge in [-0.1, -0.05) is 55.3 Å². The van der Waals surface area contributed by atoms with Gasteiger partial charge in [0, 0.05) is 18.1 Å². The molecule has 3 rings (SSSR count). The lowest BCUT2D eigenvalue weighted by molar-refractivity contribution is -0.140. The number of rotatable bonds is 9. The van der Waals surface area contributed by atoms with Gasteiger partial charge in [-0.05, 0) is 37.1 Å². The summed E-state index contributed by atoms with van der Waals surface area (Å²) in [5.41, 5.74) is 0.618. The van der Waals surface area contributed by atoms with Crippen LogP contribution in [0.3, 0.4) is 0 Å². The molecule has 176 valence electrons. The highest BCUT2D eigenvalue weighted by Crippen LogP contribution is 2.30. The van der Waals surface area contributed by atoms with Crippen LogP contribution < -0.4 is 5.32 Å². The van der Waals surface area contributed by atoms with Gasteiger partial charge in [-0.15, -0.1) is 0 Å². The maximum absolute atomic E-state index is 13.3. The van der Waals surface area contributed by atoms with Gasteiger partial charge in [-0.3, -0.25) is 14.4 Å². The van der Waals surface area contributed by atoms with Gasteiger partial charge in [0.1, 0.15) is 17.5 Å². The van der Waals surface area contributed by atoms with Crippen LogP contribution in [-0.2, 0) is 26.2 Å². The number of benzene rings is 2. The maximum Gasteiger partial charge on any atom is 0.269 e. The highest BCUT2D eigenvalue weighted by atomic mass is 35.5. The van der Waals surface area contributed by atoms with Crippen LogP contribution in [0.5, 0.6) is 0 Å². The van der Waals surface area contributed by atoms with Crippen molar-refractivity contribution in [2.75, 3.05) is 13.1 Å². The fourth-order valence-electron chi connectivity index (χ4n) is 3.53. The highest BCUT2D eigenvalue weighted by molar-refractivity contribution is 7.90. The fourth-order valence-corrected chi connectivity index (χ4v) is 5.24. The number of hydrogen-bond acceptors (Lipinski definition) is 5. The van der Waals surface area contributed by atoms with E-state index >= 15 is 0 Å². The zero-order valence-electron chi connectivity index (χ0n) is 18.5. The van der Waals surface area contributed by atoms with E-state index in [2.05, 4.69) is 5.32 Å². The molecule has 33 heavy (non-hydrogen) atoms. The Labute approximate surface area is 198 Å². The number of unbranched alkanes of at least 4 members (excludes halogenated alkanes) is 1. The number of nitrogens with one attached hydrogen (secondary N) is 1. The summed E-state index contributed by atoms with van der Waals surface area (Å²) in [5, 5.41) is 3.20. The second-order valence-electron chi connectivity index (χ2n) is 7.75. The minimum atomic E-state index is -4.16. The van der Waals surface area contributed by atoms with E-state index in [1.165, 1.54) is 23.1 Å². The van der Waals surface area contributed by atoms with E-state index in [0.29, 0.717) is 21.4 Å². The summed E-state index contributed by atoms with van der Waals surface area (Å²) < 4.78 is 26.3. The van der Waals surface area contributed by atoms with Gasteiger partial charge < -0.3 is 10.2 Å². The molecule has 0 aromatic heterocycles. The molecular formula is C23H26ClN3O5S. The largest absolute Gasteiger partial charge is 0.354 e. The van der Waals surface area contributed by atoms with Crippen molar-refractivity contribution < 1.29 is 22.8 Å². The Bertz CT molecular complexity index is 1170. The van der Waals surface area contributed by atoms with Crippen molar-refractivity contribution in [3.8, 4) is 0 Å². The lowest BCUT2D eigenvalue weighted by atomic mass is 10.1. The normalized spacial score (nSPS) is 15.1. The van der Waals surface area contributed by atoms with Gasteiger partial charge in [-0.25, -0.2) is 12.7 Å². The second kappa shape index (κ2) is 10.4. The average molecular weight is 492 g/mol. The molecule has 1 heterocycles. The Morgan fingerprint density at radius 3 is 2.45 bits per heavy atom. The zero-order valence-corrected chi connectivity index (χ0v) is 20.0. The molecule has 0 aliphatic carbocycles. The Kier molecular flexibility index (Phi) is 7.76. The van der Waals surface area contributed by atoms with Gasteiger partial charge in [0.05, 0.1) is 5.56 Å². The standard InChI is InChI=1S/C23H26ClN3O5S/c1-3-4-13-25-22(29)16(2)26(14-17-9-5-7-11-19(17)24)21(28)15-27-23(30)18-10-6-8-12-20(18)33(27,31)32/h5-12,16H,3-4,13-15H2,1-2H3,(H,25,29)/t16-/m1/s1. The van der Waals surface area contributed by atoms with Crippen LogP contribution in [-0.4, -0.2) is 54.5 Å². The molecule has 0 bridgehead atoms. The first kappa shape index (κ1) is 24.7. The molecule has 1 N–H and O–H groups in total. The Balaban J connectivity index is 1.87. The summed E-state index contributed by atoms with van der Waals surface area (Å²) in [6.45, 7) is 3.28. The second-order valence-corrected chi connectivity index (χ2v) is 9.98. The molecule has 8 nitrogen and oxygen atoms in total. The number of fused-ring (bicyclic) bond motifs is 1. The van der Waals surface area contributed by atoms with Crippen molar-refractivity contribution in [3.05, 3.63) is 64.7 Å². The number of amides is 3. The molecule has 0 saturated heterocycles. The summed E-state index contributed by atoms with van der Waals surface area (Å²) in [4.78, 5) is 39.9. The lowest BCUT2D eigenvalue weighted by Crippen LogP contribution is -2.51. The van der Waals surface area contributed by atoms with Crippen LogP contribution in [0.25, 0.3) is 0 Å². The first-order valence-electron chi connectivity index (χ1n) is 10.6. The number of carbonyl (C=O) groups is 3. The summed E-state index contributed by atoms with van der Waals surface area (Å²) >= 11 is 6.26. The van der Waals surface area contributed by atoms with Crippen molar-refractivity contribution in [3.63, 3.8) is 0 Å². The molecule has 10 heteroatoms. The molecule has 0 spiro atoms. The molecule has 2 aromatic rings. The van der Waals surface area contributed by atoms with Crippen LogP contribution in [0.4, 0.5) is 0 Å². The van der Waals surface area contributed by atoms with Crippen LogP contribution in [0.1, 0.15) is 42.6 Å². The summed E-state index contributed by atoms with van der Waals surface area (Å²) in [7, 11) is -4.16. The van der Waals surface area contributed by atoms with E-state index < -0.39 is 34.4 Å². The van der Waals surface area contributed by atoms with Gasteiger partial charge >= 0.3 is 0 Å². The molecule has 0 unspecified atom stereocenters. The predicted octanol–water partition coefficient (Wildman–Crippen LogP) is 2.82. The van der Waals surface area contributed by atoms with Crippen molar-refractivity contribution in [2.45, 2.75) is 44.2 Å². The van der Waals surface area contributed by atoms with E-state index in [4.69, 9.17) is 11.6 Å². The lowest BCUT2D eigenvalue weighted by Gasteiger charge is -2.30. The van der Waals surface area contributed by atoms with Gasteiger partial charge in [-0.2, -0.15) is 0 Å². The monoisotopic (exact) mass is 491 g/mol. The van der Waals surface area contributed by atoms with Gasteiger partial charge in [0.15, 0.2) is 0 Å². The molecule has 0 fully saturated rings. The maximum atomic E-state index is 13.3.